The molecule has 0 saturated heterocycles. The van der Waals surface area contributed by atoms with Gasteiger partial charge in [-0.25, -0.2) is 0 Å². The first-order valence-corrected chi connectivity index (χ1v) is 29.7. The number of nitrogens with zero attached hydrogens (tertiary/aromatic N) is 1. The van der Waals surface area contributed by atoms with E-state index in [-0.39, 0.29) is 26.1 Å². The molecule has 394 valence electrons. The van der Waals surface area contributed by atoms with Crippen molar-refractivity contribution in [3.05, 3.63) is 36.5 Å². The third-order valence-corrected chi connectivity index (χ3v) is 13.3. The van der Waals surface area contributed by atoms with Crippen molar-refractivity contribution in [3.8, 4) is 0 Å². The van der Waals surface area contributed by atoms with Gasteiger partial charge in [-0.1, -0.05) is 224 Å². The number of allylic oxidation sites excluding steroid dienone is 6. The van der Waals surface area contributed by atoms with Crippen molar-refractivity contribution in [1.82, 2.24) is 0 Å². The Kier molecular flexibility index (Phi) is 47.9. The van der Waals surface area contributed by atoms with Gasteiger partial charge in [-0.2, -0.15) is 0 Å². The van der Waals surface area contributed by atoms with Crippen LogP contribution in [0.25, 0.3) is 0 Å². The second-order valence-corrected chi connectivity index (χ2v) is 21.7. The molecule has 0 aromatic rings. The van der Waals surface area contributed by atoms with Crippen LogP contribution >= 0.6 is 7.82 Å². The Balaban J connectivity index is 3.94. The zero-order valence-corrected chi connectivity index (χ0v) is 45.5. The van der Waals surface area contributed by atoms with Crippen molar-refractivity contribution in [2.75, 3.05) is 47.5 Å². The molecular weight excluding hydrogens is 858 g/mol. The predicted octanol–water partition coefficient (Wildman–Crippen LogP) is 16.6. The number of phosphoric acid groups is 1. The molecule has 0 rings (SSSR count). The maximum absolute atomic E-state index is 12.7. The maximum Gasteiger partial charge on any atom is 0.306 e. The van der Waals surface area contributed by atoms with Crippen molar-refractivity contribution in [3.63, 3.8) is 0 Å². The van der Waals surface area contributed by atoms with E-state index in [0.717, 1.165) is 64.2 Å². The summed E-state index contributed by atoms with van der Waals surface area (Å²) in [5.41, 5.74) is 0. The van der Waals surface area contributed by atoms with Gasteiger partial charge < -0.3 is 27.9 Å². The van der Waals surface area contributed by atoms with Crippen LogP contribution < -0.4 is 4.89 Å². The van der Waals surface area contributed by atoms with E-state index in [9.17, 15) is 19.0 Å². The molecule has 10 heteroatoms. The molecule has 0 aliphatic rings. The average Bonchev–Trinajstić information content (AvgIpc) is 3.29. The number of rotatable bonds is 52. The molecule has 0 aliphatic heterocycles. The summed E-state index contributed by atoms with van der Waals surface area (Å²) in [5, 5.41) is 0. The van der Waals surface area contributed by atoms with Crippen LogP contribution in [0.4, 0.5) is 0 Å². The lowest BCUT2D eigenvalue weighted by Crippen LogP contribution is -2.37. The topological polar surface area (TPSA) is 111 Å². The van der Waals surface area contributed by atoms with Gasteiger partial charge in [0, 0.05) is 12.8 Å². The van der Waals surface area contributed by atoms with Gasteiger partial charge in [-0.3, -0.25) is 14.2 Å². The Morgan fingerprint density at radius 2 is 0.836 bits per heavy atom. The highest BCUT2D eigenvalue weighted by Gasteiger charge is 2.21. The molecule has 0 aliphatic carbocycles. The number of ether oxygens (including phenoxy) is 2. The highest BCUT2D eigenvalue weighted by atomic mass is 31.2. The normalized spacial score (nSPS) is 13.6. The third kappa shape index (κ3) is 53.4. The number of quaternary nitrogens is 1. The Bertz CT molecular complexity index is 1230. The highest BCUT2D eigenvalue weighted by molar-refractivity contribution is 7.45. The zero-order chi connectivity index (χ0) is 49.2. The Morgan fingerprint density at radius 1 is 0.463 bits per heavy atom. The number of likely N-dealkylation sites (N-methyl/N-ethyl adjacent to an activating group) is 1. The molecule has 0 aromatic carbocycles. The smallest absolute Gasteiger partial charge is 0.306 e. The molecule has 0 bridgehead atoms. The first-order valence-electron chi connectivity index (χ1n) is 28.2. The first kappa shape index (κ1) is 65.2. The third-order valence-electron chi connectivity index (χ3n) is 12.4. The van der Waals surface area contributed by atoms with Gasteiger partial charge in [-0.15, -0.1) is 0 Å². The summed E-state index contributed by atoms with van der Waals surface area (Å²) in [7, 11) is 1.17. The summed E-state index contributed by atoms with van der Waals surface area (Å²) in [6.07, 6.45) is 59.4. The second-order valence-electron chi connectivity index (χ2n) is 20.3. The number of hydrogen-bond donors (Lipinski definition) is 0. The lowest BCUT2D eigenvalue weighted by molar-refractivity contribution is -0.870. The molecular formula is C57H108NO8P. The van der Waals surface area contributed by atoms with E-state index in [2.05, 4.69) is 50.3 Å². The van der Waals surface area contributed by atoms with E-state index in [1.165, 1.54) is 167 Å². The minimum absolute atomic E-state index is 0.0305. The van der Waals surface area contributed by atoms with Gasteiger partial charge in [-0.05, 0) is 64.2 Å². The minimum Gasteiger partial charge on any atom is -0.756 e. The minimum atomic E-state index is -4.63. The lowest BCUT2D eigenvalue weighted by Gasteiger charge is -2.28. The molecule has 2 atom stereocenters. The SMILES string of the molecule is CCC/C=C\CCCCCCCC(=O)OCC(COP(=O)([O-])OCC[N+](C)(C)C)OC(=O)CCCCCCCCCCCCCCCCCCCCCCC/C=C\C/C=C\CCCCCCC. The van der Waals surface area contributed by atoms with Gasteiger partial charge in [0.1, 0.15) is 19.8 Å². The van der Waals surface area contributed by atoms with Crippen LogP contribution in [-0.4, -0.2) is 70.0 Å². The maximum atomic E-state index is 12.7. The summed E-state index contributed by atoms with van der Waals surface area (Å²) in [5.74, 6) is -0.837. The number of carbonyl (C=O) groups is 2. The molecule has 0 radical (unpaired) electrons. The van der Waals surface area contributed by atoms with Crippen LogP contribution in [0.15, 0.2) is 36.5 Å². The monoisotopic (exact) mass is 966 g/mol. The molecule has 0 saturated carbocycles. The van der Waals surface area contributed by atoms with Gasteiger partial charge in [0.2, 0.25) is 0 Å². The largest absolute Gasteiger partial charge is 0.756 e. The van der Waals surface area contributed by atoms with Crippen molar-refractivity contribution in [2.24, 2.45) is 0 Å². The molecule has 9 nitrogen and oxygen atoms in total. The van der Waals surface area contributed by atoms with Crippen LogP contribution in [0, 0.1) is 0 Å². The first-order chi connectivity index (χ1) is 32.5. The number of esters is 2. The molecule has 0 N–H and O–H groups in total. The van der Waals surface area contributed by atoms with Crippen LogP contribution in [0.1, 0.15) is 264 Å². The number of hydrogen-bond acceptors (Lipinski definition) is 8. The average molecular weight is 966 g/mol. The van der Waals surface area contributed by atoms with Gasteiger partial charge in [0.15, 0.2) is 6.10 Å². The van der Waals surface area contributed by atoms with Gasteiger partial charge in [0.05, 0.1) is 27.7 Å². The van der Waals surface area contributed by atoms with Crippen LogP contribution in [0.5, 0.6) is 0 Å². The molecule has 0 heterocycles. The molecule has 0 fully saturated rings. The van der Waals surface area contributed by atoms with Gasteiger partial charge in [0.25, 0.3) is 7.82 Å². The molecule has 2 unspecified atom stereocenters. The number of unbranched alkanes of at least 4 members (excludes halogenated alkanes) is 32. The molecule has 0 amide bonds. The van der Waals surface area contributed by atoms with Crippen molar-refractivity contribution in [2.45, 2.75) is 270 Å². The standard InChI is InChI=1S/C57H108NO8P/c1-6-8-10-12-14-16-18-19-20-21-22-23-24-25-26-27-28-29-30-31-32-33-34-35-36-37-38-39-40-42-44-46-48-50-57(60)66-55(54-65-67(61,62)64-52-51-58(3,4)5)53-63-56(59)49-47-45-43-41-17-15-13-11-9-7-2/h11,13,18-19,21-22,55H,6-10,12,14-17,20,23-54H2,1-5H3/b13-11-,19-18-,22-21-. The van der Waals surface area contributed by atoms with E-state index in [1.807, 2.05) is 21.1 Å². The summed E-state index contributed by atoms with van der Waals surface area (Å²) in [6.45, 7) is 4.17. The fourth-order valence-corrected chi connectivity index (χ4v) is 8.71. The molecule has 0 spiro atoms. The van der Waals surface area contributed by atoms with E-state index >= 15 is 0 Å². The van der Waals surface area contributed by atoms with E-state index in [4.69, 9.17) is 18.5 Å². The van der Waals surface area contributed by atoms with Crippen molar-refractivity contribution < 1.29 is 42.1 Å². The van der Waals surface area contributed by atoms with E-state index in [0.29, 0.717) is 17.4 Å². The van der Waals surface area contributed by atoms with Crippen LogP contribution in [0.2, 0.25) is 0 Å². The fourth-order valence-electron chi connectivity index (χ4n) is 7.98. The Labute approximate surface area is 414 Å². The summed E-state index contributed by atoms with van der Waals surface area (Å²) in [4.78, 5) is 37.6. The summed E-state index contributed by atoms with van der Waals surface area (Å²) < 4.78 is 34.0. The summed E-state index contributed by atoms with van der Waals surface area (Å²) >= 11 is 0. The molecule has 0 aromatic heterocycles. The lowest BCUT2D eigenvalue weighted by atomic mass is 10.0. The Morgan fingerprint density at radius 3 is 1.25 bits per heavy atom. The van der Waals surface area contributed by atoms with E-state index in [1.54, 1.807) is 0 Å². The van der Waals surface area contributed by atoms with Gasteiger partial charge >= 0.3 is 11.9 Å². The highest BCUT2D eigenvalue weighted by Crippen LogP contribution is 2.38. The summed E-state index contributed by atoms with van der Waals surface area (Å²) in [6, 6.07) is 0. The van der Waals surface area contributed by atoms with Crippen LogP contribution in [-0.2, 0) is 32.7 Å². The van der Waals surface area contributed by atoms with E-state index < -0.39 is 32.5 Å². The van der Waals surface area contributed by atoms with Crippen LogP contribution in [0.3, 0.4) is 0 Å². The Hall–Kier alpha value is -1.77. The number of phosphoric ester groups is 1. The molecule has 67 heavy (non-hydrogen) atoms. The van der Waals surface area contributed by atoms with Crippen molar-refractivity contribution >= 4 is 19.8 Å². The van der Waals surface area contributed by atoms with Crippen molar-refractivity contribution in [1.29, 1.82) is 0 Å². The number of carbonyl (C=O) groups excluding carboxylic acids is 2. The second kappa shape index (κ2) is 49.2. The predicted molar refractivity (Wildman–Crippen MR) is 282 cm³/mol. The zero-order valence-electron chi connectivity index (χ0n) is 44.6. The fraction of sp³-hybridized carbons (Fsp3) is 0.860. The quantitative estimate of drug-likeness (QED) is 0.0195.